The maximum absolute atomic E-state index is 14.5. The Morgan fingerprint density at radius 3 is 3.00 bits per heavy atom. The lowest BCUT2D eigenvalue weighted by atomic mass is 10.2. The summed E-state index contributed by atoms with van der Waals surface area (Å²) in [5.41, 5.74) is 0.472. The predicted octanol–water partition coefficient (Wildman–Crippen LogP) is 2.24. The Hall–Kier alpha value is -1.31. The molecular formula is C14H15BrFN3O2. The molecule has 0 saturated carbocycles. The minimum absolute atomic E-state index is 0.0555. The van der Waals surface area contributed by atoms with Crippen molar-refractivity contribution in [1.82, 2.24) is 14.9 Å². The molecule has 0 amide bonds. The highest BCUT2D eigenvalue weighted by molar-refractivity contribution is 9.10. The van der Waals surface area contributed by atoms with Gasteiger partial charge in [0.05, 0.1) is 17.6 Å². The lowest BCUT2D eigenvalue weighted by molar-refractivity contribution is 0.0303. The molecule has 3 rings (SSSR count). The van der Waals surface area contributed by atoms with Crippen LogP contribution >= 0.6 is 15.9 Å². The van der Waals surface area contributed by atoms with Crippen molar-refractivity contribution in [3.05, 3.63) is 28.7 Å². The highest BCUT2D eigenvalue weighted by Crippen LogP contribution is 2.31. The molecule has 0 N–H and O–H groups in total. The minimum atomic E-state index is -0.581. The van der Waals surface area contributed by atoms with Gasteiger partial charge in [0.15, 0.2) is 5.82 Å². The molecule has 112 valence electrons. The number of rotatable bonds is 3. The van der Waals surface area contributed by atoms with Gasteiger partial charge in [0.25, 0.3) is 5.88 Å². The summed E-state index contributed by atoms with van der Waals surface area (Å²) in [6, 6.07) is 1.46. The van der Waals surface area contributed by atoms with Gasteiger partial charge in [-0.1, -0.05) is 0 Å². The molecule has 0 unspecified atom stereocenters. The van der Waals surface area contributed by atoms with Crippen LogP contribution < -0.4 is 4.74 Å². The Bertz CT molecular complexity index is 718. The van der Waals surface area contributed by atoms with Gasteiger partial charge in [0, 0.05) is 31.8 Å². The molecule has 5 nitrogen and oxygen atoms in total. The standard InChI is InChI=1S/C14H15BrFN3O2/c1-19-6-10(20-2)11(7-19)21-14-13(16)12(15)8-3-4-17-5-9(8)18-14/h3-5,10-11H,6-7H2,1-2H3/t10-,11-/m1/s1/i4D. The first-order chi connectivity index (χ1) is 10.5. The first-order valence-electron chi connectivity index (χ1n) is 6.99. The van der Waals surface area contributed by atoms with Crippen molar-refractivity contribution >= 4 is 26.8 Å². The monoisotopic (exact) mass is 356 g/mol. The van der Waals surface area contributed by atoms with Crippen molar-refractivity contribution in [1.29, 1.82) is 0 Å². The molecular weight excluding hydrogens is 341 g/mol. The van der Waals surface area contributed by atoms with E-state index in [1.54, 1.807) is 7.11 Å². The fourth-order valence-electron chi connectivity index (χ4n) is 2.46. The van der Waals surface area contributed by atoms with Crippen molar-refractivity contribution in [3.63, 3.8) is 0 Å². The van der Waals surface area contributed by atoms with E-state index in [-0.39, 0.29) is 28.7 Å². The number of nitrogens with zero attached hydrogens (tertiary/aromatic N) is 3. The molecule has 0 radical (unpaired) electrons. The Kier molecular flexibility index (Phi) is 3.71. The summed E-state index contributed by atoms with van der Waals surface area (Å²) in [7, 11) is 3.56. The molecule has 0 bridgehead atoms. The number of hydrogen-bond acceptors (Lipinski definition) is 5. The summed E-state index contributed by atoms with van der Waals surface area (Å²) in [6.45, 7) is 1.36. The van der Waals surface area contributed by atoms with Crippen LogP contribution in [0.4, 0.5) is 4.39 Å². The second kappa shape index (κ2) is 5.82. The minimum Gasteiger partial charge on any atom is -0.468 e. The SMILES string of the molecule is [2H]c1cc2c(Br)c(F)c(O[C@@H]3CN(C)C[C@H]3OC)nc2cn1. The van der Waals surface area contributed by atoms with Gasteiger partial charge >= 0.3 is 0 Å². The number of halogens is 2. The molecule has 1 aliphatic rings. The Balaban J connectivity index is 1.97. The first-order valence-corrected chi connectivity index (χ1v) is 7.28. The van der Waals surface area contributed by atoms with Crippen LogP contribution in [0.2, 0.25) is 0 Å². The topological polar surface area (TPSA) is 47.5 Å². The zero-order chi connectivity index (χ0) is 15.9. The van der Waals surface area contributed by atoms with Crippen LogP contribution in [0.5, 0.6) is 5.88 Å². The van der Waals surface area contributed by atoms with Crippen LogP contribution in [0.1, 0.15) is 1.37 Å². The zero-order valence-electron chi connectivity index (χ0n) is 12.6. The summed E-state index contributed by atoms with van der Waals surface area (Å²) in [5.74, 6) is -0.663. The van der Waals surface area contributed by atoms with E-state index < -0.39 is 5.82 Å². The molecule has 7 heteroatoms. The largest absolute Gasteiger partial charge is 0.468 e. The molecule has 2 aromatic heterocycles. The summed E-state index contributed by atoms with van der Waals surface area (Å²) in [5, 5.41) is 0.497. The van der Waals surface area contributed by atoms with Crippen molar-refractivity contribution < 1.29 is 15.2 Å². The molecule has 1 fully saturated rings. The normalized spacial score (nSPS) is 23.5. The van der Waals surface area contributed by atoms with E-state index in [0.29, 0.717) is 17.4 Å². The number of aromatic nitrogens is 2. The smallest absolute Gasteiger partial charge is 0.252 e. The van der Waals surface area contributed by atoms with Crippen LogP contribution in [0.25, 0.3) is 10.9 Å². The summed E-state index contributed by atoms with van der Waals surface area (Å²) in [6.07, 6.45) is 1.07. The Morgan fingerprint density at radius 1 is 1.48 bits per heavy atom. The fourth-order valence-corrected chi connectivity index (χ4v) is 2.95. The molecule has 0 spiro atoms. The number of likely N-dealkylation sites (N-methyl/N-ethyl adjacent to an activating group) is 1. The van der Waals surface area contributed by atoms with Gasteiger partial charge in [-0.3, -0.25) is 9.88 Å². The van der Waals surface area contributed by atoms with Gasteiger partial charge in [0.1, 0.15) is 12.2 Å². The lowest BCUT2D eigenvalue weighted by Crippen LogP contribution is -2.32. The molecule has 3 heterocycles. The van der Waals surface area contributed by atoms with Gasteiger partial charge in [-0.2, -0.15) is 4.39 Å². The number of hydrogen-bond donors (Lipinski definition) is 0. The summed E-state index contributed by atoms with van der Waals surface area (Å²) >= 11 is 3.21. The zero-order valence-corrected chi connectivity index (χ0v) is 13.2. The van der Waals surface area contributed by atoms with Crippen molar-refractivity contribution in [2.45, 2.75) is 12.2 Å². The first kappa shape index (κ1) is 13.4. The average molecular weight is 357 g/mol. The molecule has 1 aliphatic heterocycles. The maximum atomic E-state index is 14.5. The van der Waals surface area contributed by atoms with Crippen LogP contribution in [-0.2, 0) is 4.74 Å². The predicted molar refractivity (Wildman–Crippen MR) is 79.9 cm³/mol. The molecule has 0 aromatic carbocycles. The van der Waals surface area contributed by atoms with E-state index in [0.717, 1.165) is 6.54 Å². The van der Waals surface area contributed by atoms with Crippen LogP contribution in [0, 0.1) is 5.82 Å². The van der Waals surface area contributed by atoms with Gasteiger partial charge in [-0.15, -0.1) is 0 Å². The Morgan fingerprint density at radius 2 is 2.24 bits per heavy atom. The van der Waals surface area contributed by atoms with Crippen LogP contribution in [-0.4, -0.2) is 54.3 Å². The van der Waals surface area contributed by atoms with E-state index in [1.165, 1.54) is 12.3 Å². The third-order valence-corrected chi connectivity index (χ3v) is 4.32. The summed E-state index contributed by atoms with van der Waals surface area (Å²) in [4.78, 5) is 10.1. The second-order valence-electron chi connectivity index (χ2n) is 5.03. The number of pyridine rings is 2. The van der Waals surface area contributed by atoms with E-state index in [2.05, 4.69) is 30.8 Å². The number of fused-ring (bicyclic) bond motifs is 1. The number of methoxy groups -OCH3 is 1. The third-order valence-electron chi connectivity index (χ3n) is 3.55. The quantitative estimate of drug-likeness (QED) is 0.843. The molecule has 21 heavy (non-hydrogen) atoms. The summed E-state index contributed by atoms with van der Waals surface area (Å²) < 4.78 is 33.3. The molecule has 2 atom stereocenters. The van der Waals surface area contributed by atoms with Gasteiger partial charge < -0.3 is 9.47 Å². The molecule has 0 aliphatic carbocycles. The Labute approximate surface area is 131 Å². The van der Waals surface area contributed by atoms with Gasteiger partial charge in [-0.25, -0.2) is 4.98 Å². The maximum Gasteiger partial charge on any atom is 0.252 e. The fraction of sp³-hybridized carbons (Fsp3) is 0.429. The number of likely N-dealkylation sites (tertiary alicyclic amines) is 1. The second-order valence-corrected chi connectivity index (χ2v) is 5.82. The van der Waals surface area contributed by atoms with E-state index >= 15 is 0 Å². The van der Waals surface area contributed by atoms with Crippen molar-refractivity contribution in [2.24, 2.45) is 0 Å². The lowest BCUT2D eigenvalue weighted by Gasteiger charge is -2.19. The van der Waals surface area contributed by atoms with Crippen molar-refractivity contribution in [2.75, 3.05) is 27.2 Å². The van der Waals surface area contributed by atoms with E-state index in [4.69, 9.17) is 10.8 Å². The number of ether oxygens (including phenoxy) is 2. The highest BCUT2D eigenvalue weighted by Gasteiger charge is 2.34. The van der Waals surface area contributed by atoms with Crippen LogP contribution in [0.15, 0.2) is 22.9 Å². The molecule has 1 saturated heterocycles. The average Bonchev–Trinajstić information content (AvgIpc) is 2.85. The third kappa shape index (κ3) is 2.73. The van der Waals surface area contributed by atoms with Crippen molar-refractivity contribution in [3.8, 4) is 5.88 Å². The highest BCUT2D eigenvalue weighted by atomic mass is 79.9. The van der Waals surface area contributed by atoms with E-state index in [1.807, 2.05) is 7.05 Å². The van der Waals surface area contributed by atoms with E-state index in [9.17, 15) is 4.39 Å². The van der Waals surface area contributed by atoms with Gasteiger partial charge in [0.2, 0.25) is 0 Å². The van der Waals surface area contributed by atoms with Gasteiger partial charge in [-0.05, 0) is 29.0 Å². The molecule has 2 aromatic rings. The van der Waals surface area contributed by atoms with Crippen LogP contribution in [0.3, 0.4) is 0 Å².